The van der Waals surface area contributed by atoms with Crippen LogP contribution in [0.4, 0.5) is 5.69 Å². The molecule has 0 aromatic heterocycles. The summed E-state index contributed by atoms with van der Waals surface area (Å²) in [7, 11) is 0.282. The maximum atomic E-state index is 14.1. The highest BCUT2D eigenvalue weighted by molar-refractivity contribution is 7.91. The molecule has 0 unspecified atom stereocenters. The Hall–Kier alpha value is -2.91. The topological polar surface area (TPSA) is 73.3 Å². The van der Waals surface area contributed by atoms with Crippen LogP contribution in [-0.4, -0.2) is 82.0 Å². The Kier molecular flexibility index (Phi) is 12.3. The zero-order valence-electron chi connectivity index (χ0n) is 29.8. The number of rotatable bonds is 14. The molecule has 0 bridgehead atoms. The summed E-state index contributed by atoms with van der Waals surface area (Å²) in [5, 5.41) is 12.4. The molecule has 0 aliphatic carbocycles. The van der Waals surface area contributed by atoms with Gasteiger partial charge in [0.1, 0.15) is 12.4 Å². The average molecular weight is 676 g/mol. The largest absolute Gasteiger partial charge is 0.489 e. The number of anilines is 1. The zero-order valence-corrected chi connectivity index (χ0v) is 30.6. The predicted octanol–water partition coefficient (Wildman–Crippen LogP) is 7.12. The highest BCUT2D eigenvalue weighted by Gasteiger charge is 2.49. The minimum absolute atomic E-state index is 0.0263. The van der Waals surface area contributed by atoms with E-state index in [1.54, 1.807) is 6.07 Å². The van der Waals surface area contributed by atoms with Gasteiger partial charge in [-0.2, -0.15) is 0 Å². The number of fused-ring (bicyclic) bond motifs is 1. The fourth-order valence-electron chi connectivity index (χ4n) is 7.59. The SMILES string of the molecule is CCCCC1(CCCC)CS(=O)(=O)c2ccc(N(C)C)cc2[C@@H](c2ccc(OCc3ccc(CN4CCN(CC)CC4)cc3)cc2)[C@H]1O. The Morgan fingerprint density at radius 1 is 0.833 bits per heavy atom. The smallest absolute Gasteiger partial charge is 0.179 e. The van der Waals surface area contributed by atoms with Gasteiger partial charge in [0.25, 0.3) is 0 Å². The van der Waals surface area contributed by atoms with Crippen molar-refractivity contribution in [1.29, 1.82) is 0 Å². The number of nitrogens with zero attached hydrogens (tertiary/aromatic N) is 3. The van der Waals surface area contributed by atoms with E-state index < -0.39 is 27.3 Å². The third kappa shape index (κ3) is 8.44. The maximum absolute atomic E-state index is 14.1. The van der Waals surface area contributed by atoms with Gasteiger partial charge in [0, 0.05) is 63.8 Å². The molecule has 7 nitrogen and oxygen atoms in total. The van der Waals surface area contributed by atoms with E-state index in [0.717, 1.165) is 87.5 Å². The molecule has 1 N–H and O–H groups in total. The summed E-state index contributed by atoms with van der Waals surface area (Å²) in [5.74, 6) is 0.247. The van der Waals surface area contributed by atoms with Crippen LogP contribution in [0.15, 0.2) is 71.6 Å². The lowest BCUT2D eigenvalue weighted by Gasteiger charge is -2.40. The van der Waals surface area contributed by atoms with Crippen molar-refractivity contribution in [2.24, 2.45) is 5.41 Å². The fourth-order valence-corrected chi connectivity index (χ4v) is 9.78. The molecule has 0 spiro atoms. The average Bonchev–Trinajstić information content (AvgIpc) is 3.16. The minimum Gasteiger partial charge on any atom is -0.489 e. The highest BCUT2D eigenvalue weighted by Crippen LogP contribution is 2.50. The number of piperazine rings is 1. The predicted molar refractivity (Wildman–Crippen MR) is 197 cm³/mol. The van der Waals surface area contributed by atoms with Gasteiger partial charge in [0.2, 0.25) is 0 Å². The van der Waals surface area contributed by atoms with Crippen molar-refractivity contribution in [3.05, 3.63) is 89.0 Å². The van der Waals surface area contributed by atoms with Gasteiger partial charge in [0.15, 0.2) is 9.84 Å². The number of sulfone groups is 1. The molecule has 0 saturated carbocycles. The molecule has 1 saturated heterocycles. The second kappa shape index (κ2) is 16.2. The third-order valence-corrected chi connectivity index (χ3v) is 12.6. The Bertz CT molecular complexity index is 1560. The molecule has 2 atom stereocenters. The van der Waals surface area contributed by atoms with Crippen molar-refractivity contribution in [1.82, 2.24) is 9.80 Å². The number of likely N-dealkylation sites (N-methyl/N-ethyl adjacent to an activating group) is 1. The summed E-state index contributed by atoms with van der Waals surface area (Å²) in [4.78, 5) is 7.36. The van der Waals surface area contributed by atoms with Gasteiger partial charge in [-0.25, -0.2) is 8.42 Å². The molecule has 2 heterocycles. The van der Waals surface area contributed by atoms with Crippen molar-refractivity contribution in [2.75, 3.05) is 57.5 Å². The second-order valence-corrected chi connectivity index (χ2v) is 16.2. The summed E-state index contributed by atoms with van der Waals surface area (Å²) in [5.41, 5.74) is 4.22. The fraction of sp³-hybridized carbons (Fsp3) is 0.550. The zero-order chi connectivity index (χ0) is 34.3. The lowest BCUT2D eigenvalue weighted by atomic mass is 9.68. The lowest BCUT2D eigenvalue weighted by molar-refractivity contribution is 0.0127. The standard InChI is InChI=1S/C40H57N3O4S/c1-6-9-21-40(22-10-7-2)30-48(45,46)37-20-17-34(41(4)5)27-36(37)38(39(40)44)33-15-18-35(19-16-33)47-29-32-13-11-31(12-14-32)28-43-25-23-42(8-3)24-26-43/h11-20,27,38-39,44H,6-10,21-26,28-30H2,1-5H3/t38-,39-/m1/s1. The van der Waals surface area contributed by atoms with Crippen LogP contribution < -0.4 is 9.64 Å². The summed E-state index contributed by atoms with van der Waals surface area (Å²) < 4.78 is 34.4. The molecule has 2 aliphatic rings. The number of hydrogen-bond donors (Lipinski definition) is 1. The van der Waals surface area contributed by atoms with E-state index in [2.05, 4.69) is 54.8 Å². The van der Waals surface area contributed by atoms with Crippen molar-refractivity contribution < 1.29 is 18.3 Å². The molecule has 2 aliphatic heterocycles. The first-order chi connectivity index (χ1) is 23.1. The van der Waals surface area contributed by atoms with E-state index in [9.17, 15) is 13.5 Å². The van der Waals surface area contributed by atoms with Crippen molar-refractivity contribution in [3.63, 3.8) is 0 Å². The summed E-state index contributed by atoms with van der Waals surface area (Å²) in [6, 6.07) is 22.3. The molecule has 8 heteroatoms. The third-order valence-electron chi connectivity index (χ3n) is 10.6. The molecular formula is C40H57N3O4S. The number of benzene rings is 3. The van der Waals surface area contributed by atoms with Gasteiger partial charge < -0.3 is 19.6 Å². The summed E-state index contributed by atoms with van der Waals surface area (Å²) in [6.07, 6.45) is 4.19. The highest BCUT2D eigenvalue weighted by atomic mass is 32.2. The van der Waals surface area contributed by atoms with Crippen LogP contribution in [0.25, 0.3) is 0 Å². The molecule has 3 aromatic rings. The molecule has 1 fully saturated rings. The van der Waals surface area contributed by atoms with Crippen molar-refractivity contribution in [3.8, 4) is 5.75 Å². The number of unbranched alkanes of at least 4 members (excludes halogenated alkanes) is 2. The molecule has 0 amide bonds. The van der Waals surface area contributed by atoms with E-state index in [1.165, 1.54) is 5.56 Å². The molecule has 48 heavy (non-hydrogen) atoms. The van der Waals surface area contributed by atoms with Crippen LogP contribution in [-0.2, 0) is 23.0 Å². The minimum atomic E-state index is -3.63. The van der Waals surface area contributed by atoms with Gasteiger partial charge in [0.05, 0.1) is 16.8 Å². The van der Waals surface area contributed by atoms with Gasteiger partial charge in [-0.15, -0.1) is 0 Å². The normalized spacial score (nSPS) is 21.0. The van der Waals surface area contributed by atoms with E-state index in [-0.39, 0.29) is 5.75 Å². The number of ether oxygens (including phenoxy) is 1. The Balaban J connectivity index is 1.37. The van der Waals surface area contributed by atoms with E-state index in [4.69, 9.17) is 4.74 Å². The molecule has 5 rings (SSSR count). The van der Waals surface area contributed by atoms with Gasteiger partial charge in [-0.3, -0.25) is 4.90 Å². The van der Waals surface area contributed by atoms with Crippen molar-refractivity contribution in [2.45, 2.75) is 89.4 Å². The van der Waals surface area contributed by atoms with E-state index in [1.807, 2.05) is 55.4 Å². The number of aliphatic hydroxyl groups is 1. The van der Waals surface area contributed by atoms with Crippen LogP contribution in [0.5, 0.6) is 5.75 Å². The Labute approximate surface area is 289 Å². The van der Waals surface area contributed by atoms with E-state index >= 15 is 0 Å². The molecule has 262 valence electrons. The Morgan fingerprint density at radius 2 is 1.44 bits per heavy atom. The first-order valence-corrected chi connectivity index (χ1v) is 19.7. The van der Waals surface area contributed by atoms with Crippen LogP contribution in [0, 0.1) is 5.41 Å². The van der Waals surface area contributed by atoms with Crippen LogP contribution in [0.2, 0.25) is 0 Å². The molecule has 3 aromatic carbocycles. The quantitative estimate of drug-likeness (QED) is 0.195. The van der Waals surface area contributed by atoms with E-state index in [0.29, 0.717) is 29.9 Å². The lowest BCUT2D eigenvalue weighted by Crippen LogP contribution is -2.45. The van der Waals surface area contributed by atoms with Crippen LogP contribution in [0.1, 0.15) is 87.5 Å². The van der Waals surface area contributed by atoms with Gasteiger partial charge in [-0.1, -0.05) is 82.9 Å². The first-order valence-electron chi connectivity index (χ1n) is 18.1. The summed E-state index contributed by atoms with van der Waals surface area (Å²) in [6.45, 7) is 13.6. The van der Waals surface area contributed by atoms with Gasteiger partial charge >= 0.3 is 0 Å². The monoisotopic (exact) mass is 675 g/mol. The maximum Gasteiger partial charge on any atom is 0.179 e. The molecule has 0 radical (unpaired) electrons. The van der Waals surface area contributed by atoms with Gasteiger partial charge in [-0.05, 0) is 72.0 Å². The van der Waals surface area contributed by atoms with Crippen LogP contribution in [0.3, 0.4) is 0 Å². The first kappa shape index (κ1) is 36.4. The summed E-state index contributed by atoms with van der Waals surface area (Å²) >= 11 is 0. The molecular weight excluding hydrogens is 619 g/mol. The Morgan fingerprint density at radius 3 is 2.02 bits per heavy atom. The second-order valence-electron chi connectivity index (χ2n) is 14.3. The number of hydrogen-bond acceptors (Lipinski definition) is 7. The van der Waals surface area contributed by atoms with Crippen LogP contribution >= 0.6 is 0 Å². The van der Waals surface area contributed by atoms with Crippen molar-refractivity contribution >= 4 is 15.5 Å². The number of aliphatic hydroxyl groups excluding tert-OH is 1.